The molecule has 3 rings (SSSR count). The van der Waals surface area contributed by atoms with Crippen LogP contribution in [0.4, 0.5) is 0 Å². The summed E-state index contributed by atoms with van der Waals surface area (Å²) in [6.07, 6.45) is 5.25. The maximum Gasteiger partial charge on any atom is 0.241 e. The van der Waals surface area contributed by atoms with Crippen LogP contribution in [0.2, 0.25) is 0 Å². The van der Waals surface area contributed by atoms with E-state index in [1.165, 1.54) is 12.8 Å². The third-order valence-corrected chi connectivity index (χ3v) is 6.54. The van der Waals surface area contributed by atoms with Crippen molar-refractivity contribution in [1.29, 1.82) is 0 Å². The van der Waals surface area contributed by atoms with Gasteiger partial charge in [-0.3, -0.25) is 4.79 Å². The number of rotatable bonds is 8. The second-order valence-corrected chi connectivity index (χ2v) is 8.50. The largest absolute Gasteiger partial charge is 0.493 e. The first kappa shape index (κ1) is 23.8. The van der Waals surface area contributed by atoms with Crippen LogP contribution in [0.1, 0.15) is 58.4 Å². The molecule has 6 nitrogen and oxygen atoms in total. The average Bonchev–Trinajstić information content (AvgIpc) is 3.19. The Morgan fingerprint density at radius 2 is 1.97 bits per heavy atom. The van der Waals surface area contributed by atoms with Gasteiger partial charge < -0.3 is 25.3 Å². The first-order valence-electron chi connectivity index (χ1n) is 10.3. The molecule has 29 heavy (non-hydrogen) atoms. The van der Waals surface area contributed by atoms with Gasteiger partial charge in [0, 0.05) is 30.6 Å². The summed E-state index contributed by atoms with van der Waals surface area (Å²) in [7, 11) is 1.64. The van der Waals surface area contributed by atoms with Crippen molar-refractivity contribution in [1.82, 2.24) is 5.32 Å². The summed E-state index contributed by atoms with van der Waals surface area (Å²) in [6.45, 7) is 6.93. The molecule has 2 fully saturated rings. The normalized spacial score (nSPS) is 25.6. The molecule has 2 saturated carbocycles. The SMILES string of the molecule is CCOC1CC(N)(C(=O)NCc2cccc(OC)c2OC2CCCC2)C1(C)C.Cl. The molecule has 1 aromatic rings. The number of ether oxygens (including phenoxy) is 3. The predicted molar refractivity (Wildman–Crippen MR) is 116 cm³/mol. The summed E-state index contributed by atoms with van der Waals surface area (Å²) in [6, 6.07) is 5.77. The number of benzene rings is 1. The van der Waals surface area contributed by atoms with Crippen molar-refractivity contribution in [3.05, 3.63) is 23.8 Å². The summed E-state index contributed by atoms with van der Waals surface area (Å²) in [4.78, 5) is 12.9. The molecule has 2 unspecified atom stereocenters. The monoisotopic (exact) mass is 426 g/mol. The summed E-state index contributed by atoms with van der Waals surface area (Å²) in [5.41, 5.74) is 6.05. The molecule has 164 valence electrons. The van der Waals surface area contributed by atoms with E-state index in [0.29, 0.717) is 25.3 Å². The number of halogens is 1. The van der Waals surface area contributed by atoms with E-state index in [1.54, 1.807) is 7.11 Å². The van der Waals surface area contributed by atoms with Crippen LogP contribution < -0.4 is 20.5 Å². The number of nitrogens with two attached hydrogens (primary N) is 1. The molecular formula is C22H35ClN2O4. The second-order valence-electron chi connectivity index (χ2n) is 8.50. The van der Waals surface area contributed by atoms with Crippen molar-refractivity contribution in [3.8, 4) is 11.5 Å². The Hall–Kier alpha value is -1.50. The Morgan fingerprint density at radius 1 is 1.28 bits per heavy atom. The number of nitrogens with one attached hydrogen (secondary N) is 1. The van der Waals surface area contributed by atoms with Gasteiger partial charge in [0.05, 0.1) is 19.3 Å². The van der Waals surface area contributed by atoms with Crippen molar-refractivity contribution < 1.29 is 19.0 Å². The van der Waals surface area contributed by atoms with Gasteiger partial charge in [-0.25, -0.2) is 0 Å². The molecule has 2 aliphatic carbocycles. The highest BCUT2D eigenvalue weighted by molar-refractivity contribution is 5.88. The minimum Gasteiger partial charge on any atom is -0.493 e. The lowest BCUT2D eigenvalue weighted by Gasteiger charge is -2.57. The number of hydrogen-bond acceptors (Lipinski definition) is 5. The summed E-state index contributed by atoms with van der Waals surface area (Å²) in [5, 5.41) is 3.02. The number of carbonyl (C=O) groups excluding carboxylic acids is 1. The molecule has 1 aromatic carbocycles. The third-order valence-electron chi connectivity index (χ3n) is 6.54. The maximum atomic E-state index is 12.9. The van der Waals surface area contributed by atoms with Gasteiger partial charge in [0.2, 0.25) is 5.91 Å². The van der Waals surface area contributed by atoms with Gasteiger partial charge in [-0.15, -0.1) is 12.4 Å². The van der Waals surface area contributed by atoms with E-state index < -0.39 is 11.0 Å². The fourth-order valence-corrected chi connectivity index (χ4v) is 4.32. The minimum atomic E-state index is -0.932. The van der Waals surface area contributed by atoms with E-state index in [2.05, 4.69) is 5.32 Å². The van der Waals surface area contributed by atoms with Gasteiger partial charge in [-0.05, 0) is 38.7 Å². The van der Waals surface area contributed by atoms with E-state index in [4.69, 9.17) is 19.9 Å². The van der Waals surface area contributed by atoms with Crippen LogP contribution in [0, 0.1) is 5.41 Å². The topological polar surface area (TPSA) is 82.8 Å². The Morgan fingerprint density at radius 3 is 2.55 bits per heavy atom. The van der Waals surface area contributed by atoms with Crippen molar-refractivity contribution in [2.24, 2.45) is 11.1 Å². The second kappa shape index (κ2) is 9.54. The van der Waals surface area contributed by atoms with Gasteiger partial charge in [-0.1, -0.05) is 26.0 Å². The molecule has 0 radical (unpaired) electrons. The highest BCUT2D eigenvalue weighted by atomic mass is 35.5. The molecular weight excluding hydrogens is 392 g/mol. The van der Waals surface area contributed by atoms with Crippen molar-refractivity contribution in [2.75, 3.05) is 13.7 Å². The molecule has 3 N–H and O–H groups in total. The van der Waals surface area contributed by atoms with Crippen molar-refractivity contribution in [2.45, 2.75) is 77.2 Å². The van der Waals surface area contributed by atoms with E-state index in [0.717, 1.165) is 24.2 Å². The maximum absolute atomic E-state index is 12.9. The van der Waals surface area contributed by atoms with Gasteiger partial charge in [0.25, 0.3) is 0 Å². The lowest BCUT2D eigenvalue weighted by molar-refractivity contribution is -0.170. The van der Waals surface area contributed by atoms with Crippen LogP contribution in [0.3, 0.4) is 0 Å². The Bertz CT molecular complexity index is 706. The van der Waals surface area contributed by atoms with Crippen molar-refractivity contribution >= 4 is 18.3 Å². The quantitative estimate of drug-likeness (QED) is 0.663. The van der Waals surface area contributed by atoms with Crippen LogP contribution in [0.5, 0.6) is 11.5 Å². The predicted octanol–water partition coefficient (Wildman–Crippen LogP) is 3.59. The Kier molecular flexibility index (Phi) is 7.82. The number of para-hydroxylation sites is 1. The molecule has 2 atom stereocenters. The van der Waals surface area contributed by atoms with Crippen LogP contribution in [-0.2, 0) is 16.1 Å². The molecule has 0 bridgehead atoms. The number of amides is 1. The average molecular weight is 427 g/mol. The fraction of sp³-hybridized carbons (Fsp3) is 0.682. The molecule has 2 aliphatic rings. The molecule has 7 heteroatoms. The van der Waals surface area contributed by atoms with Crippen LogP contribution in [0.15, 0.2) is 18.2 Å². The minimum absolute atomic E-state index is 0. The van der Waals surface area contributed by atoms with Gasteiger partial charge in [0.15, 0.2) is 11.5 Å². The molecule has 1 amide bonds. The number of hydrogen-bond donors (Lipinski definition) is 2. The first-order chi connectivity index (χ1) is 13.3. The summed E-state index contributed by atoms with van der Waals surface area (Å²) in [5.74, 6) is 1.27. The van der Waals surface area contributed by atoms with E-state index in [9.17, 15) is 4.79 Å². The summed E-state index contributed by atoms with van der Waals surface area (Å²) < 4.78 is 17.5. The Labute approximate surface area is 180 Å². The molecule has 0 spiro atoms. The molecule has 0 aromatic heterocycles. The molecule has 0 aliphatic heterocycles. The fourth-order valence-electron chi connectivity index (χ4n) is 4.32. The highest BCUT2D eigenvalue weighted by Crippen LogP contribution is 2.50. The highest BCUT2D eigenvalue weighted by Gasteiger charge is 2.62. The van der Waals surface area contributed by atoms with Gasteiger partial charge in [-0.2, -0.15) is 0 Å². The lowest BCUT2D eigenvalue weighted by atomic mass is 9.54. The van der Waals surface area contributed by atoms with E-state index >= 15 is 0 Å². The lowest BCUT2D eigenvalue weighted by Crippen LogP contribution is -2.75. The van der Waals surface area contributed by atoms with Crippen LogP contribution in [-0.4, -0.2) is 37.4 Å². The van der Waals surface area contributed by atoms with Gasteiger partial charge in [0.1, 0.15) is 5.54 Å². The van der Waals surface area contributed by atoms with E-state index in [-0.39, 0.29) is 30.5 Å². The zero-order valence-electron chi connectivity index (χ0n) is 18.0. The number of carbonyl (C=O) groups is 1. The Balaban J connectivity index is 0.00000300. The first-order valence-corrected chi connectivity index (χ1v) is 10.3. The molecule has 0 heterocycles. The smallest absolute Gasteiger partial charge is 0.241 e. The number of methoxy groups -OCH3 is 1. The zero-order valence-corrected chi connectivity index (χ0v) is 18.8. The van der Waals surface area contributed by atoms with Crippen LogP contribution in [0.25, 0.3) is 0 Å². The molecule has 0 saturated heterocycles. The van der Waals surface area contributed by atoms with Crippen molar-refractivity contribution in [3.63, 3.8) is 0 Å². The standard InChI is InChI=1S/C22H34N2O4.ClH/c1-5-27-18-13-22(23,21(18,2)3)20(25)24-14-15-9-8-12-17(26-4)19(15)28-16-10-6-7-11-16;/h8-9,12,16,18H,5-7,10-11,13-14,23H2,1-4H3,(H,24,25);1H. The van der Waals surface area contributed by atoms with Crippen LogP contribution >= 0.6 is 12.4 Å². The zero-order chi connectivity index (χ0) is 20.4. The van der Waals surface area contributed by atoms with Gasteiger partial charge >= 0.3 is 0 Å². The summed E-state index contributed by atoms with van der Waals surface area (Å²) >= 11 is 0. The third kappa shape index (κ3) is 4.49. The van der Waals surface area contributed by atoms with E-state index in [1.807, 2.05) is 39.0 Å².